The van der Waals surface area contributed by atoms with Crippen LogP contribution < -0.4 is 0 Å². The molecule has 0 aliphatic carbocycles. The molecule has 2 rings (SSSR count). The van der Waals surface area contributed by atoms with Crippen molar-refractivity contribution in [1.82, 2.24) is 20.2 Å². The van der Waals surface area contributed by atoms with Gasteiger partial charge in [-0.15, -0.1) is 5.10 Å². The van der Waals surface area contributed by atoms with Crippen molar-refractivity contribution in [2.75, 3.05) is 0 Å². The number of ether oxygens (including phenoxy) is 1. The molecule has 0 aliphatic heterocycles. The fourth-order valence-electron chi connectivity index (χ4n) is 1.70. The number of nitrogens with zero attached hydrogens (tertiary/aromatic N) is 4. The van der Waals surface area contributed by atoms with Gasteiger partial charge in [0.05, 0.1) is 17.4 Å². The van der Waals surface area contributed by atoms with Crippen LogP contribution in [0.1, 0.15) is 30.0 Å². The highest BCUT2D eigenvalue weighted by Gasteiger charge is 2.14. The number of esters is 1. The number of carboxylic acids is 1. The van der Waals surface area contributed by atoms with Crippen LogP contribution in [-0.2, 0) is 16.0 Å². The smallest absolute Gasteiger partial charge is 0.338 e. The molecule has 0 saturated carbocycles. The molecular weight excluding hydrogens is 276 g/mol. The minimum atomic E-state index is -1.04. The lowest BCUT2D eigenvalue weighted by Crippen LogP contribution is -2.13. The largest absolute Gasteiger partial charge is 0.481 e. The Kier molecular flexibility index (Phi) is 4.27. The number of carbonyl (C=O) groups excluding carboxylic acids is 1. The Morgan fingerprint density at radius 2 is 2.14 bits per heavy atom. The third-order valence-corrected chi connectivity index (χ3v) is 2.51. The first kappa shape index (κ1) is 14.6. The molecule has 8 nitrogen and oxygen atoms in total. The van der Waals surface area contributed by atoms with Crippen molar-refractivity contribution in [3.8, 4) is 5.69 Å². The maximum absolute atomic E-state index is 11.9. The van der Waals surface area contributed by atoms with Gasteiger partial charge in [0.2, 0.25) is 0 Å². The second kappa shape index (κ2) is 6.12. The number of carbonyl (C=O) groups is 2. The highest BCUT2D eigenvalue weighted by atomic mass is 16.5. The number of benzene rings is 1. The summed E-state index contributed by atoms with van der Waals surface area (Å²) >= 11 is 0. The maximum Gasteiger partial charge on any atom is 0.338 e. The van der Waals surface area contributed by atoms with Gasteiger partial charge in [0.25, 0.3) is 0 Å². The fraction of sp³-hybridized carbons (Fsp3) is 0.308. The summed E-state index contributed by atoms with van der Waals surface area (Å²) in [5.41, 5.74) is 0.840. The molecule has 1 aromatic carbocycles. The molecule has 0 amide bonds. The monoisotopic (exact) mass is 290 g/mol. The molecule has 0 fully saturated rings. The number of carboxylic acid groups (broad SMARTS) is 1. The Morgan fingerprint density at radius 3 is 2.81 bits per heavy atom. The number of aliphatic carboxylic acids is 1. The van der Waals surface area contributed by atoms with Crippen LogP contribution in [0.5, 0.6) is 0 Å². The highest BCUT2D eigenvalue weighted by Crippen LogP contribution is 2.13. The second-order valence-electron chi connectivity index (χ2n) is 4.58. The molecule has 110 valence electrons. The summed E-state index contributed by atoms with van der Waals surface area (Å²) in [7, 11) is 0. The summed E-state index contributed by atoms with van der Waals surface area (Å²) in [6.45, 7) is 3.52. The van der Waals surface area contributed by atoms with E-state index in [1.807, 2.05) is 0 Å². The summed E-state index contributed by atoms with van der Waals surface area (Å²) < 4.78 is 6.39. The van der Waals surface area contributed by atoms with E-state index in [0.717, 1.165) is 0 Å². The van der Waals surface area contributed by atoms with Crippen LogP contribution in [0.4, 0.5) is 0 Å². The molecule has 0 radical (unpaired) electrons. The number of aromatic nitrogens is 4. The molecular formula is C13H14N4O4. The lowest BCUT2D eigenvalue weighted by atomic mass is 10.2. The zero-order valence-corrected chi connectivity index (χ0v) is 11.6. The number of hydrogen-bond donors (Lipinski definition) is 1. The molecule has 0 unspecified atom stereocenters. The van der Waals surface area contributed by atoms with E-state index in [4.69, 9.17) is 9.84 Å². The first-order valence-corrected chi connectivity index (χ1v) is 6.28. The average molecular weight is 290 g/mol. The van der Waals surface area contributed by atoms with Crippen LogP contribution in [-0.4, -0.2) is 43.4 Å². The van der Waals surface area contributed by atoms with Crippen LogP contribution in [0.3, 0.4) is 0 Å². The molecule has 0 saturated heterocycles. The van der Waals surface area contributed by atoms with Crippen LogP contribution in [0.15, 0.2) is 24.3 Å². The van der Waals surface area contributed by atoms with E-state index >= 15 is 0 Å². The summed E-state index contributed by atoms with van der Waals surface area (Å²) in [4.78, 5) is 22.6. The summed E-state index contributed by atoms with van der Waals surface area (Å²) in [6.07, 6.45) is -0.537. The molecule has 0 atom stereocenters. The second-order valence-corrected chi connectivity index (χ2v) is 4.58. The number of hydrogen-bond acceptors (Lipinski definition) is 6. The Hall–Kier alpha value is -2.77. The van der Waals surface area contributed by atoms with E-state index in [1.165, 1.54) is 4.68 Å². The lowest BCUT2D eigenvalue weighted by molar-refractivity contribution is -0.136. The molecule has 0 aliphatic rings. The zero-order chi connectivity index (χ0) is 15.4. The van der Waals surface area contributed by atoms with Gasteiger partial charge in [-0.2, -0.15) is 4.68 Å². The predicted molar refractivity (Wildman–Crippen MR) is 71.0 cm³/mol. The maximum atomic E-state index is 11.9. The topological polar surface area (TPSA) is 107 Å². The van der Waals surface area contributed by atoms with Gasteiger partial charge in [0, 0.05) is 0 Å². The van der Waals surface area contributed by atoms with E-state index in [2.05, 4.69) is 15.5 Å². The van der Waals surface area contributed by atoms with Crippen LogP contribution in [0, 0.1) is 0 Å². The Labute approximate surface area is 120 Å². The van der Waals surface area contributed by atoms with Crippen molar-refractivity contribution in [3.63, 3.8) is 0 Å². The van der Waals surface area contributed by atoms with Gasteiger partial charge in [-0.3, -0.25) is 4.79 Å². The Bertz CT molecular complexity index is 666. The van der Waals surface area contributed by atoms with Gasteiger partial charge >= 0.3 is 11.9 Å². The molecule has 1 heterocycles. The fourth-order valence-corrected chi connectivity index (χ4v) is 1.70. The minimum absolute atomic E-state index is 0.178. The molecule has 0 spiro atoms. The normalized spacial score (nSPS) is 10.6. The SMILES string of the molecule is CC(C)OC(=O)c1cccc(-n2nnnc2CC(=O)O)c1. The van der Waals surface area contributed by atoms with Gasteiger partial charge in [0.1, 0.15) is 6.42 Å². The van der Waals surface area contributed by atoms with E-state index in [0.29, 0.717) is 11.3 Å². The standard InChI is InChI=1S/C13H14N4O4/c1-8(2)21-13(20)9-4-3-5-10(6-9)17-11(7-12(18)19)14-15-16-17/h3-6,8H,7H2,1-2H3,(H,18,19). The van der Waals surface area contributed by atoms with E-state index in [-0.39, 0.29) is 18.3 Å². The number of tetrazole rings is 1. The third-order valence-electron chi connectivity index (χ3n) is 2.51. The van der Waals surface area contributed by atoms with Gasteiger partial charge in [-0.25, -0.2) is 4.79 Å². The Morgan fingerprint density at radius 1 is 1.38 bits per heavy atom. The molecule has 2 aromatic rings. The van der Waals surface area contributed by atoms with E-state index in [1.54, 1.807) is 38.1 Å². The summed E-state index contributed by atoms with van der Waals surface area (Å²) in [5, 5.41) is 19.7. The van der Waals surface area contributed by atoms with Crippen LogP contribution in [0.2, 0.25) is 0 Å². The van der Waals surface area contributed by atoms with Gasteiger partial charge in [-0.1, -0.05) is 6.07 Å². The first-order chi connectivity index (χ1) is 9.97. The predicted octanol–water partition coefficient (Wildman–Crippen LogP) is 0.855. The summed E-state index contributed by atoms with van der Waals surface area (Å²) in [5.74, 6) is -1.32. The molecule has 8 heteroatoms. The van der Waals surface area contributed by atoms with Crippen molar-refractivity contribution in [3.05, 3.63) is 35.7 Å². The minimum Gasteiger partial charge on any atom is -0.481 e. The number of rotatable bonds is 5. The molecule has 1 aromatic heterocycles. The van der Waals surface area contributed by atoms with Gasteiger partial charge in [-0.05, 0) is 42.5 Å². The lowest BCUT2D eigenvalue weighted by Gasteiger charge is -2.09. The average Bonchev–Trinajstić information content (AvgIpc) is 2.85. The first-order valence-electron chi connectivity index (χ1n) is 6.28. The molecule has 21 heavy (non-hydrogen) atoms. The van der Waals surface area contributed by atoms with Crippen molar-refractivity contribution in [1.29, 1.82) is 0 Å². The Balaban J connectivity index is 2.31. The van der Waals surface area contributed by atoms with Crippen molar-refractivity contribution < 1.29 is 19.4 Å². The van der Waals surface area contributed by atoms with E-state index in [9.17, 15) is 9.59 Å². The van der Waals surface area contributed by atoms with Crippen LogP contribution >= 0.6 is 0 Å². The van der Waals surface area contributed by atoms with Gasteiger partial charge < -0.3 is 9.84 Å². The van der Waals surface area contributed by atoms with Crippen LogP contribution in [0.25, 0.3) is 5.69 Å². The van der Waals surface area contributed by atoms with Crippen molar-refractivity contribution in [2.24, 2.45) is 0 Å². The molecule has 0 bridgehead atoms. The zero-order valence-electron chi connectivity index (χ0n) is 11.6. The molecule has 1 N–H and O–H groups in total. The van der Waals surface area contributed by atoms with Crippen molar-refractivity contribution in [2.45, 2.75) is 26.4 Å². The van der Waals surface area contributed by atoms with Gasteiger partial charge in [0.15, 0.2) is 5.82 Å². The highest BCUT2D eigenvalue weighted by molar-refractivity contribution is 5.90. The third kappa shape index (κ3) is 3.62. The van der Waals surface area contributed by atoms with E-state index < -0.39 is 11.9 Å². The van der Waals surface area contributed by atoms with Crippen molar-refractivity contribution >= 4 is 11.9 Å². The quantitative estimate of drug-likeness (QED) is 0.813. The summed E-state index contributed by atoms with van der Waals surface area (Å²) in [6, 6.07) is 6.48.